The molecule has 2 aromatic carbocycles. The van der Waals surface area contributed by atoms with Gasteiger partial charge in [0.25, 0.3) is 0 Å². The number of hydrogen-bond donors (Lipinski definition) is 2. The molecule has 38 heavy (non-hydrogen) atoms. The van der Waals surface area contributed by atoms with Gasteiger partial charge in [-0.25, -0.2) is 4.79 Å². The van der Waals surface area contributed by atoms with Crippen LogP contribution in [0.1, 0.15) is 77.6 Å². The van der Waals surface area contributed by atoms with Gasteiger partial charge in [-0.05, 0) is 70.7 Å². The molecule has 206 valence electrons. The minimum absolute atomic E-state index is 0.249. The van der Waals surface area contributed by atoms with Crippen LogP contribution in [0.4, 0.5) is 4.79 Å². The number of nitrogens with zero attached hydrogens (tertiary/aromatic N) is 1. The first-order valence-electron chi connectivity index (χ1n) is 13.1. The first-order valence-corrected chi connectivity index (χ1v) is 13.1. The minimum atomic E-state index is -0.939. The number of carbonyl (C=O) groups excluding carboxylic acids is 3. The lowest BCUT2D eigenvalue weighted by Gasteiger charge is -2.36. The summed E-state index contributed by atoms with van der Waals surface area (Å²) in [6.45, 7) is 17.1. The van der Waals surface area contributed by atoms with Crippen LogP contribution in [-0.2, 0) is 20.7 Å². The fourth-order valence-corrected chi connectivity index (χ4v) is 4.07. The highest BCUT2D eigenvalue weighted by Crippen LogP contribution is 2.26. The van der Waals surface area contributed by atoms with E-state index in [2.05, 4.69) is 17.2 Å². The first kappa shape index (κ1) is 30.6. The van der Waals surface area contributed by atoms with E-state index in [-0.39, 0.29) is 18.2 Å². The molecule has 0 aliphatic rings. The fourth-order valence-electron chi connectivity index (χ4n) is 4.07. The van der Waals surface area contributed by atoms with Gasteiger partial charge in [0.2, 0.25) is 11.8 Å². The van der Waals surface area contributed by atoms with Crippen LogP contribution in [-0.4, -0.2) is 46.5 Å². The zero-order valence-corrected chi connectivity index (χ0v) is 23.8. The Morgan fingerprint density at radius 1 is 1.00 bits per heavy atom. The van der Waals surface area contributed by atoms with Gasteiger partial charge in [-0.2, -0.15) is 0 Å². The lowest BCUT2D eigenvalue weighted by molar-refractivity contribution is -0.143. The Kier molecular flexibility index (Phi) is 10.7. The second-order valence-electron chi connectivity index (χ2n) is 11.4. The van der Waals surface area contributed by atoms with Crippen molar-refractivity contribution in [3.63, 3.8) is 0 Å². The number of hydrogen-bond acceptors (Lipinski definition) is 4. The van der Waals surface area contributed by atoms with Crippen LogP contribution in [0.25, 0.3) is 6.08 Å². The Hall–Kier alpha value is -3.61. The van der Waals surface area contributed by atoms with Crippen molar-refractivity contribution in [2.75, 3.05) is 6.54 Å². The molecule has 3 amide bonds. The second kappa shape index (κ2) is 13.3. The summed E-state index contributed by atoms with van der Waals surface area (Å²) >= 11 is 0. The van der Waals surface area contributed by atoms with Crippen molar-refractivity contribution in [2.24, 2.45) is 0 Å². The number of alkyl carbamates (subject to hydrolysis) is 1. The van der Waals surface area contributed by atoms with Crippen molar-refractivity contribution in [3.8, 4) is 0 Å². The summed E-state index contributed by atoms with van der Waals surface area (Å²) in [4.78, 5) is 42.3. The monoisotopic (exact) mass is 521 g/mol. The molecule has 0 saturated carbocycles. The van der Waals surface area contributed by atoms with E-state index in [4.69, 9.17) is 4.74 Å². The number of carbonyl (C=O) groups is 3. The Balaban J connectivity index is 2.56. The van der Waals surface area contributed by atoms with Gasteiger partial charge >= 0.3 is 6.09 Å². The van der Waals surface area contributed by atoms with Gasteiger partial charge < -0.3 is 20.3 Å². The maximum atomic E-state index is 14.2. The Bertz CT molecular complexity index is 1100. The third-order valence-corrected chi connectivity index (χ3v) is 5.54. The summed E-state index contributed by atoms with van der Waals surface area (Å²) in [6.07, 6.45) is 1.89. The third-order valence-electron chi connectivity index (χ3n) is 5.54. The standard InChI is InChI=1S/C31H43N3O4/c1-9-19-34(26(27(35)33-30(3,4)5)24-18-14-17-22(10-2)20-24)28(36)25(21-23-15-12-11-13-16-23)32-29(37)38-31(6,7)8/h10-18,20,25-26H,2,9,19,21H2,1,3-8H3,(H,32,37)(H,33,35). The van der Waals surface area contributed by atoms with E-state index in [1.807, 2.05) is 82.3 Å². The maximum absolute atomic E-state index is 14.2. The van der Waals surface area contributed by atoms with Crippen LogP contribution in [0.3, 0.4) is 0 Å². The minimum Gasteiger partial charge on any atom is -0.444 e. The van der Waals surface area contributed by atoms with Gasteiger partial charge in [0.15, 0.2) is 0 Å². The molecule has 2 aromatic rings. The van der Waals surface area contributed by atoms with Crippen LogP contribution in [0.15, 0.2) is 61.2 Å². The summed E-state index contributed by atoms with van der Waals surface area (Å²) in [5.74, 6) is -0.657. The van der Waals surface area contributed by atoms with E-state index >= 15 is 0 Å². The summed E-state index contributed by atoms with van der Waals surface area (Å²) < 4.78 is 5.47. The third kappa shape index (κ3) is 9.69. The molecule has 2 rings (SSSR count). The highest BCUT2D eigenvalue weighted by atomic mass is 16.6. The van der Waals surface area contributed by atoms with E-state index < -0.39 is 29.3 Å². The van der Waals surface area contributed by atoms with Crippen molar-refractivity contribution < 1.29 is 19.1 Å². The van der Waals surface area contributed by atoms with E-state index in [1.165, 1.54) is 0 Å². The average molecular weight is 522 g/mol. The predicted molar refractivity (Wildman–Crippen MR) is 152 cm³/mol. The number of benzene rings is 2. The molecule has 2 N–H and O–H groups in total. The maximum Gasteiger partial charge on any atom is 0.408 e. The first-order chi connectivity index (χ1) is 17.7. The Morgan fingerprint density at radius 2 is 1.66 bits per heavy atom. The zero-order valence-electron chi connectivity index (χ0n) is 23.8. The SMILES string of the molecule is C=Cc1cccc(C(C(=O)NC(C)(C)C)N(CCC)C(=O)C(Cc2ccccc2)NC(=O)OC(C)(C)C)c1. The molecular weight excluding hydrogens is 478 g/mol. The number of rotatable bonds is 10. The molecule has 0 aromatic heterocycles. The van der Waals surface area contributed by atoms with Gasteiger partial charge in [0.05, 0.1) is 0 Å². The van der Waals surface area contributed by atoms with E-state index in [1.54, 1.807) is 31.7 Å². The summed E-state index contributed by atoms with van der Waals surface area (Å²) in [5, 5.41) is 5.82. The molecule has 7 nitrogen and oxygen atoms in total. The summed E-state index contributed by atoms with van der Waals surface area (Å²) in [7, 11) is 0. The number of ether oxygens (including phenoxy) is 1. The van der Waals surface area contributed by atoms with Gasteiger partial charge in [-0.1, -0.05) is 68.1 Å². The molecule has 2 atom stereocenters. The van der Waals surface area contributed by atoms with Crippen LogP contribution in [0.2, 0.25) is 0 Å². The van der Waals surface area contributed by atoms with Gasteiger partial charge in [0, 0.05) is 18.5 Å². The summed E-state index contributed by atoms with van der Waals surface area (Å²) in [5.41, 5.74) is 1.15. The Labute approximate surface area is 227 Å². The molecule has 0 bridgehead atoms. The topological polar surface area (TPSA) is 87.7 Å². The van der Waals surface area contributed by atoms with Crippen molar-refractivity contribution in [2.45, 2.75) is 84.5 Å². The molecule has 0 fully saturated rings. The number of amides is 3. The van der Waals surface area contributed by atoms with Crippen molar-refractivity contribution in [3.05, 3.63) is 77.9 Å². The summed E-state index contributed by atoms with van der Waals surface area (Å²) in [6, 6.07) is 15.1. The quantitative estimate of drug-likeness (QED) is 0.422. The highest BCUT2D eigenvalue weighted by molar-refractivity contribution is 5.92. The van der Waals surface area contributed by atoms with Crippen LogP contribution < -0.4 is 10.6 Å². The van der Waals surface area contributed by atoms with Crippen LogP contribution in [0.5, 0.6) is 0 Å². The molecular formula is C31H43N3O4. The lowest BCUT2D eigenvalue weighted by atomic mass is 9.97. The Morgan fingerprint density at radius 3 is 2.21 bits per heavy atom. The van der Waals surface area contributed by atoms with Crippen LogP contribution >= 0.6 is 0 Å². The van der Waals surface area contributed by atoms with Gasteiger partial charge in [-0.15, -0.1) is 0 Å². The van der Waals surface area contributed by atoms with Gasteiger partial charge in [-0.3, -0.25) is 9.59 Å². The molecule has 0 radical (unpaired) electrons. The molecule has 0 saturated heterocycles. The highest BCUT2D eigenvalue weighted by Gasteiger charge is 2.37. The van der Waals surface area contributed by atoms with Gasteiger partial charge in [0.1, 0.15) is 17.7 Å². The van der Waals surface area contributed by atoms with Crippen molar-refractivity contribution in [1.29, 1.82) is 0 Å². The molecule has 0 aliphatic heterocycles. The lowest BCUT2D eigenvalue weighted by Crippen LogP contribution is -2.55. The molecule has 0 spiro atoms. The molecule has 7 heteroatoms. The van der Waals surface area contributed by atoms with E-state index in [0.717, 1.165) is 11.1 Å². The van der Waals surface area contributed by atoms with Crippen molar-refractivity contribution >= 4 is 24.0 Å². The average Bonchev–Trinajstić information content (AvgIpc) is 2.81. The largest absolute Gasteiger partial charge is 0.444 e. The smallest absolute Gasteiger partial charge is 0.408 e. The normalized spacial score (nSPS) is 13.1. The van der Waals surface area contributed by atoms with E-state index in [0.29, 0.717) is 18.5 Å². The fraction of sp³-hybridized carbons (Fsp3) is 0.452. The molecule has 0 heterocycles. The molecule has 2 unspecified atom stereocenters. The van der Waals surface area contributed by atoms with E-state index in [9.17, 15) is 14.4 Å². The van der Waals surface area contributed by atoms with Crippen LogP contribution in [0, 0.1) is 0 Å². The number of nitrogens with one attached hydrogen (secondary N) is 2. The second-order valence-corrected chi connectivity index (χ2v) is 11.4. The van der Waals surface area contributed by atoms with Crippen molar-refractivity contribution in [1.82, 2.24) is 15.5 Å². The molecule has 0 aliphatic carbocycles. The predicted octanol–water partition coefficient (Wildman–Crippen LogP) is 5.66. The zero-order chi connectivity index (χ0) is 28.5.